The Morgan fingerprint density at radius 2 is 2.05 bits per heavy atom. The Bertz CT molecular complexity index is 733. The molecule has 1 saturated heterocycles. The standard InChI is InChI=1S/C11H13BrFNO4S2/c1-14(9-4-5-19(15,16)7-9)20(17,18)11-3-2-8(13)6-10(11)12/h2-3,6,9H,4-5,7H2,1H3. The average molecular weight is 386 g/mol. The first-order valence-electron chi connectivity index (χ1n) is 5.77. The van der Waals surface area contributed by atoms with Gasteiger partial charge in [0.25, 0.3) is 0 Å². The van der Waals surface area contributed by atoms with Crippen LogP contribution in [0.5, 0.6) is 0 Å². The molecule has 5 nitrogen and oxygen atoms in total. The number of nitrogens with zero attached hydrogens (tertiary/aromatic N) is 1. The molecular weight excluding hydrogens is 373 g/mol. The third-order valence-electron chi connectivity index (χ3n) is 3.27. The molecule has 1 fully saturated rings. The van der Waals surface area contributed by atoms with Crippen LogP contribution >= 0.6 is 15.9 Å². The van der Waals surface area contributed by atoms with Crippen molar-refractivity contribution in [2.75, 3.05) is 18.6 Å². The van der Waals surface area contributed by atoms with E-state index < -0.39 is 31.7 Å². The number of hydrogen-bond donors (Lipinski definition) is 0. The number of halogens is 2. The molecule has 1 aromatic carbocycles. The van der Waals surface area contributed by atoms with Gasteiger partial charge in [-0.3, -0.25) is 0 Å². The fraction of sp³-hybridized carbons (Fsp3) is 0.455. The van der Waals surface area contributed by atoms with E-state index in [9.17, 15) is 21.2 Å². The van der Waals surface area contributed by atoms with Gasteiger partial charge in [-0.05, 0) is 40.5 Å². The summed E-state index contributed by atoms with van der Waals surface area (Å²) in [6.07, 6.45) is 0.275. The maximum atomic E-state index is 13.0. The monoisotopic (exact) mass is 385 g/mol. The first-order chi connectivity index (χ1) is 9.13. The predicted octanol–water partition coefficient (Wildman–Crippen LogP) is 1.40. The second-order valence-electron chi connectivity index (χ2n) is 4.65. The van der Waals surface area contributed by atoms with Crippen molar-refractivity contribution in [3.63, 3.8) is 0 Å². The van der Waals surface area contributed by atoms with Gasteiger partial charge in [0.1, 0.15) is 5.82 Å². The smallest absolute Gasteiger partial charge is 0.229 e. The molecule has 0 N–H and O–H groups in total. The van der Waals surface area contributed by atoms with E-state index in [1.807, 2.05) is 0 Å². The van der Waals surface area contributed by atoms with Crippen molar-refractivity contribution < 1.29 is 21.2 Å². The molecule has 0 aromatic heterocycles. The fourth-order valence-corrected chi connectivity index (χ4v) is 6.36. The zero-order chi connectivity index (χ0) is 15.1. The number of benzene rings is 1. The van der Waals surface area contributed by atoms with Gasteiger partial charge in [0.2, 0.25) is 10.0 Å². The highest BCUT2D eigenvalue weighted by Crippen LogP contribution is 2.28. The molecule has 112 valence electrons. The van der Waals surface area contributed by atoms with Crippen LogP contribution < -0.4 is 0 Å². The van der Waals surface area contributed by atoms with Gasteiger partial charge in [0.05, 0.1) is 16.4 Å². The molecule has 20 heavy (non-hydrogen) atoms. The SMILES string of the molecule is CN(C1CCS(=O)(=O)C1)S(=O)(=O)c1ccc(F)cc1Br. The maximum Gasteiger partial charge on any atom is 0.244 e. The largest absolute Gasteiger partial charge is 0.244 e. The average Bonchev–Trinajstić information content (AvgIpc) is 2.68. The maximum absolute atomic E-state index is 13.0. The van der Waals surface area contributed by atoms with E-state index >= 15 is 0 Å². The normalized spacial score (nSPS) is 22.3. The lowest BCUT2D eigenvalue weighted by molar-refractivity contribution is 0.393. The highest BCUT2D eigenvalue weighted by molar-refractivity contribution is 9.10. The van der Waals surface area contributed by atoms with Crippen molar-refractivity contribution in [3.05, 3.63) is 28.5 Å². The molecule has 0 bridgehead atoms. The van der Waals surface area contributed by atoms with Crippen molar-refractivity contribution in [2.45, 2.75) is 17.4 Å². The minimum absolute atomic E-state index is 0.0118. The summed E-state index contributed by atoms with van der Waals surface area (Å²) in [4.78, 5) is -0.0781. The number of hydrogen-bond acceptors (Lipinski definition) is 4. The van der Waals surface area contributed by atoms with Gasteiger partial charge in [-0.25, -0.2) is 21.2 Å². The summed E-state index contributed by atoms with van der Waals surface area (Å²) in [5, 5.41) is 0. The Morgan fingerprint density at radius 3 is 2.55 bits per heavy atom. The third-order valence-corrected chi connectivity index (χ3v) is 7.91. The summed E-state index contributed by atoms with van der Waals surface area (Å²) in [6.45, 7) is 0. The molecule has 0 amide bonds. The molecule has 1 aliphatic rings. The van der Waals surface area contributed by atoms with Crippen LogP contribution in [0.25, 0.3) is 0 Å². The Kier molecular flexibility index (Phi) is 4.25. The molecule has 0 spiro atoms. The fourth-order valence-electron chi connectivity index (χ4n) is 2.10. The van der Waals surface area contributed by atoms with Gasteiger partial charge in [0, 0.05) is 17.6 Å². The lowest BCUT2D eigenvalue weighted by Crippen LogP contribution is -2.37. The van der Waals surface area contributed by atoms with E-state index in [0.717, 1.165) is 22.5 Å². The first kappa shape index (κ1) is 15.9. The van der Waals surface area contributed by atoms with Gasteiger partial charge in [-0.2, -0.15) is 4.31 Å². The van der Waals surface area contributed by atoms with Crippen LogP contribution in [0, 0.1) is 5.82 Å². The second kappa shape index (κ2) is 5.36. The van der Waals surface area contributed by atoms with Crippen LogP contribution in [0.1, 0.15) is 6.42 Å². The van der Waals surface area contributed by atoms with Gasteiger partial charge in [-0.1, -0.05) is 0 Å². The quantitative estimate of drug-likeness (QED) is 0.788. The Hall–Kier alpha value is -0.510. The van der Waals surface area contributed by atoms with Crippen molar-refractivity contribution in [2.24, 2.45) is 0 Å². The van der Waals surface area contributed by atoms with Crippen molar-refractivity contribution >= 4 is 35.8 Å². The molecule has 1 unspecified atom stereocenters. The van der Waals surface area contributed by atoms with Crippen LogP contribution in [-0.2, 0) is 19.9 Å². The van der Waals surface area contributed by atoms with Crippen molar-refractivity contribution in [3.8, 4) is 0 Å². The lowest BCUT2D eigenvalue weighted by atomic mass is 10.3. The van der Waals surface area contributed by atoms with E-state index in [1.54, 1.807) is 0 Å². The zero-order valence-corrected chi connectivity index (χ0v) is 13.8. The second-order valence-corrected chi connectivity index (χ2v) is 9.70. The molecule has 1 heterocycles. The van der Waals surface area contributed by atoms with E-state index in [2.05, 4.69) is 15.9 Å². The number of rotatable bonds is 3. The summed E-state index contributed by atoms with van der Waals surface area (Å²) in [7, 11) is -5.70. The van der Waals surface area contributed by atoms with Gasteiger partial charge >= 0.3 is 0 Å². The lowest BCUT2D eigenvalue weighted by Gasteiger charge is -2.23. The van der Waals surface area contributed by atoms with Crippen molar-refractivity contribution in [1.82, 2.24) is 4.31 Å². The molecule has 1 atom stereocenters. The summed E-state index contributed by atoms with van der Waals surface area (Å²) in [5.41, 5.74) is 0. The minimum Gasteiger partial charge on any atom is -0.229 e. The van der Waals surface area contributed by atoms with Crippen LogP contribution in [0.2, 0.25) is 0 Å². The number of sulfonamides is 1. The highest BCUT2D eigenvalue weighted by Gasteiger charge is 2.37. The number of sulfone groups is 1. The molecule has 1 aromatic rings. The van der Waals surface area contributed by atoms with Crippen molar-refractivity contribution in [1.29, 1.82) is 0 Å². The molecule has 0 aliphatic carbocycles. The first-order valence-corrected chi connectivity index (χ1v) is 9.82. The molecule has 1 aliphatic heterocycles. The molecule has 2 rings (SSSR count). The Balaban J connectivity index is 2.35. The van der Waals surface area contributed by atoms with Gasteiger partial charge < -0.3 is 0 Å². The predicted molar refractivity (Wildman–Crippen MR) is 76.1 cm³/mol. The zero-order valence-electron chi connectivity index (χ0n) is 10.6. The molecule has 0 radical (unpaired) electrons. The van der Waals surface area contributed by atoms with Gasteiger partial charge in [-0.15, -0.1) is 0 Å². The van der Waals surface area contributed by atoms with E-state index in [0.29, 0.717) is 0 Å². The topological polar surface area (TPSA) is 71.5 Å². The Morgan fingerprint density at radius 1 is 1.40 bits per heavy atom. The summed E-state index contributed by atoms with van der Waals surface area (Å²) in [5.74, 6) is -0.745. The van der Waals surface area contributed by atoms with Gasteiger partial charge in [0.15, 0.2) is 9.84 Å². The van der Waals surface area contributed by atoms with Crippen LogP contribution in [0.15, 0.2) is 27.6 Å². The highest BCUT2D eigenvalue weighted by atomic mass is 79.9. The van der Waals surface area contributed by atoms with E-state index in [4.69, 9.17) is 0 Å². The van der Waals surface area contributed by atoms with Crippen LogP contribution in [0.4, 0.5) is 4.39 Å². The van der Waals surface area contributed by atoms with E-state index in [1.165, 1.54) is 7.05 Å². The molecular formula is C11H13BrFNO4S2. The molecule has 9 heteroatoms. The van der Waals surface area contributed by atoms with Crippen LogP contribution in [-0.4, -0.2) is 45.7 Å². The summed E-state index contributed by atoms with van der Waals surface area (Å²) >= 11 is 3.02. The van der Waals surface area contributed by atoms with Crippen LogP contribution in [0.3, 0.4) is 0 Å². The van der Waals surface area contributed by atoms with E-state index in [-0.39, 0.29) is 27.3 Å². The summed E-state index contributed by atoms with van der Waals surface area (Å²) in [6, 6.07) is 2.69. The Labute approximate surface area is 125 Å². The molecule has 0 saturated carbocycles. The third kappa shape index (κ3) is 3.05. The minimum atomic E-state index is -3.86. The summed E-state index contributed by atoms with van der Waals surface area (Å²) < 4.78 is 62.0.